The lowest BCUT2D eigenvalue weighted by Crippen LogP contribution is -2.13. The van der Waals surface area contributed by atoms with E-state index in [1.165, 1.54) is 0 Å². The summed E-state index contributed by atoms with van der Waals surface area (Å²) in [5.74, 6) is 0.516. The molecule has 88 valence electrons. The molecule has 2 heterocycles. The number of aromatic nitrogens is 2. The van der Waals surface area contributed by atoms with Gasteiger partial charge in [-0.25, -0.2) is 4.98 Å². The van der Waals surface area contributed by atoms with Crippen molar-refractivity contribution in [3.05, 3.63) is 52.4 Å². The molecule has 0 aliphatic heterocycles. The second-order valence-corrected chi connectivity index (χ2v) is 4.75. The zero-order chi connectivity index (χ0) is 12.3. The van der Waals surface area contributed by atoms with Gasteiger partial charge in [0, 0.05) is 29.1 Å². The van der Waals surface area contributed by atoms with E-state index in [9.17, 15) is 0 Å². The molecule has 0 bridgehead atoms. The minimum absolute atomic E-state index is 0.0956. The van der Waals surface area contributed by atoms with Crippen molar-refractivity contribution in [3.8, 4) is 0 Å². The lowest BCUT2D eigenvalue weighted by Gasteiger charge is -2.12. The SMILES string of the molecule is Nc1cc(CC(N)c2cncc(Br)c2)ccn1. The first-order chi connectivity index (χ1) is 8.15. The van der Waals surface area contributed by atoms with Crippen LogP contribution in [0.2, 0.25) is 0 Å². The van der Waals surface area contributed by atoms with Crippen LogP contribution in [-0.2, 0) is 6.42 Å². The molecule has 2 aromatic heterocycles. The quantitative estimate of drug-likeness (QED) is 0.908. The van der Waals surface area contributed by atoms with Gasteiger partial charge >= 0.3 is 0 Å². The maximum absolute atomic E-state index is 6.12. The highest BCUT2D eigenvalue weighted by Crippen LogP contribution is 2.19. The number of pyridine rings is 2. The number of rotatable bonds is 3. The fraction of sp³-hybridized carbons (Fsp3) is 0.167. The van der Waals surface area contributed by atoms with Gasteiger partial charge in [-0.1, -0.05) is 0 Å². The lowest BCUT2D eigenvalue weighted by molar-refractivity contribution is 0.717. The second kappa shape index (κ2) is 5.25. The van der Waals surface area contributed by atoms with E-state index in [2.05, 4.69) is 25.9 Å². The van der Waals surface area contributed by atoms with Crippen molar-refractivity contribution in [2.24, 2.45) is 5.73 Å². The monoisotopic (exact) mass is 292 g/mol. The Morgan fingerprint density at radius 1 is 1.29 bits per heavy atom. The van der Waals surface area contributed by atoms with Crippen molar-refractivity contribution in [3.63, 3.8) is 0 Å². The molecule has 4 N–H and O–H groups in total. The highest BCUT2D eigenvalue weighted by molar-refractivity contribution is 9.10. The van der Waals surface area contributed by atoms with Crippen LogP contribution in [0.4, 0.5) is 5.82 Å². The van der Waals surface area contributed by atoms with Gasteiger partial charge in [0.15, 0.2) is 0 Å². The molecule has 5 heteroatoms. The van der Waals surface area contributed by atoms with E-state index < -0.39 is 0 Å². The van der Waals surface area contributed by atoms with Gasteiger partial charge in [0.05, 0.1) is 0 Å². The molecule has 1 unspecified atom stereocenters. The van der Waals surface area contributed by atoms with Gasteiger partial charge in [0.25, 0.3) is 0 Å². The summed E-state index contributed by atoms with van der Waals surface area (Å²) >= 11 is 3.38. The van der Waals surface area contributed by atoms with Crippen LogP contribution in [0.1, 0.15) is 17.2 Å². The molecular formula is C12H13BrN4. The average Bonchev–Trinajstić information content (AvgIpc) is 2.29. The number of nitrogens with zero attached hydrogens (tertiary/aromatic N) is 2. The summed E-state index contributed by atoms with van der Waals surface area (Å²) in [6, 6.07) is 5.64. The highest BCUT2D eigenvalue weighted by atomic mass is 79.9. The minimum atomic E-state index is -0.0956. The fourth-order valence-electron chi connectivity index (χ4n) is 1.62. The highest BCUT2D eigenvalue weighted by Gasteiger charge is 2.08. The number of halogens is 1. The molecule has 4 nitrogen and oxygen atoms in total. The molecule has 0 aliphatic rings. The zero-order valence-electron chi connectivity index (χ0n) is 9.18. The van der Waals surface area contributed by atoms with Crippen molar-refractivity contribution in [2.75, 3.05) is 5.73 Å². The summed E-state index contributed by atoms with van der Waals surface area (Å²) in [4.78, 5) is 8.05. The average molecular weight is 293 g/mol. The molecule has 0 saturated heterocycles. The normalized spacial score (nSPS) is 12.4. The maximum Gasteiger partial charge on any atom is 0.123 e. The lowest BCUT2D eigenvalue weighted by atomic mass is 10.0. The van der Waals surface area contributed by atoms with Crippen LogP contribution >= 0.6 is 15.9 Å². The molecule has 1 atom stereocenters. The third-order valence-corrected chi connectivity index (χ3v) is 2.89. The van der Waals surface area contributed by atoms with Crippen molar-refractivity contribution < 1.29 is 0 Å². The number of anilines is 1. The van der Waals surface area contributed by atoms with Crippen LogP contribution in [0.5, 0.6) is 0 Å². The first kappa shape index (κ1) is 12.0. The van der Waals surface area contributed by atoms with Crippen molar-refractivity contribution >= 4 is 21.7 Å². The Bertz CT molecular complexity index is 515. The smallest absolute Gasteiger partial charge is 0.123 e. The molecule has 2 rings (SSSR count). The van der Waals surface area contributed by atoms with Gasteiger partial charge < -0.3 is 11.5 Å². The van der Waals surface area contributed by atoms with Crippen LogP contribution in [0.15, 0.2) is 41.3 Å². The van der Waals surface area contributed by atoms with Crippen LogP contribution in [0, 0.1) is 0 Å². The van der Waals surface area contributed by atoms with Crippen molar-refractivity contribution in [1.29, 1.82) is 0 Å². The Kier molecular flexibility index (Phi) is 3.71. The molecule has 0 saturated carbocycles. The summed E-state index contributed by atoms with van der Waals surface area (Å²) < 4.78 is 0.930. The Labute approximate surface area is 108 Å². The number of hydrogen-bond donors (Lipinski definition) is 2. The van der Waals surface area contributed by atoms with Crippen molar-refractivity contribution in [1.82, 2.24) is 9.97 Å². The molecule has 2 aromatic rings. The van der Waals surface area contributed by atoms with E-state index in [-0.39, 0.29) is 6.04 Å². The van der Waals surface area contributed by atoms with Crippen LogP contribution < -0.4 is 11.5 Å². The maximum atomic E-state index is 6.12. The minimum Gasteiger partial charge on any atom is -0.384 e. The molecular weight excluding hydrogens is 280 g/mol. The van der Waals surface area contributed by atoms with Crippen molar-refractivity contribution in [2.45, 2.75) is 12.5 Å². The molecule has 0 aromatic carbocycles. The van der Waals surface area contributed by atoms with Gasteiger partial charge in [-0.15, -0.1) is 0 Å². The molecule has 17 heavy (non-hydrogen) atoms. The first-order valence-electron chi connectivity index (χ1n) is 5.21. The van der Waals surface area contributed by atoms with E-state index in [4.69, 9.17) is 11.5 Å². The topological polar surface area (TPSA) is 77.8 Å². The van der Waals surface area contributed by atoms with Gasteiger partial charge in [-0.3, -0.25) is 4.98 Å². The molecule has 0 fully saturated rings. The largest absolute Gasteiger partial charge is 0.384 e. The van der Waals surface area contributed by atoms with Gasteiger partial charge in [0.2, 0.25) is 0 Å². The molecule has 0 aliphatic carbocycles. The number of nitrogen functional groups attached to an aromatic ring is 1. The van der Waals surface area contributed by atoms with Crippen LogP contribution in [-0.4, -0.2) is 9.97 Å². The Morgan fingerprint density at radius 3 is 2.82 bits per heavy atom. The van der Waals surface area contributed by atoms with E-state index >= 15 is 0 Å². The molecule has 0 radical (unpaired) electrons. The predicted molar refractivity (Wildman–Crippen MR) is 71.2 cm³/mol. The molecule has 0 amide bonds. The summed E-state index contributed by atoms with van der Waals surface area (Å²) in [5, 5.41) is 0. The van der Waals surface area contributed by atoms with E-state index in [1.54, 1.807) is 18.6 Å². The van der Waals surface area contributed by atoms with E-state index in [1.807, 2.05) is 18.2 Å². The summed E-state index contributed by atoms with van der Waals surface area (Å²) in [5.41, 5.74) is 13.8. The Balaban J connectivity index is 2.14. The van der Waals surface area contributed by atoms with E-state index in [0.717, 1.165) is 15.6 Å². The van der Waals surface area contributed by atoms with Crippen LogP contribution in [0.25, 0.3) is 0 Å². The van der Waals surface area contributed by atoms with Crippen LogP contribution in [0.3, 0.4) is 0 Å². The van der Waals surface area contributed by atoms with Gasteiger partial charge in [0.1, 0.15) is 5.82 Å². The number of hydrogen-bond acceptors (Lipinski definition) is 4. The fourth-order valence-corrected chi connectivity index (χ4v) is 2.01. The zero-order valence-corrected chi connectivity index (χ0v) is 10.8. The predicted octanol–water partition coefficient (Wildman–Crippen LogP) is 2.06. The first-order valence-corrected chi connectivity index (χ1v) is 6.01. The third kappa shape index (κ3) is 3.25. The standard InChI is InChI=1S/C12H13BrN4/c13-10-5-9(6-16-7-10)11(14)3-8-1-2-17-12(15)4-8/h1-2,4-7,11H,3,14H2,(H2,15,17). The summed E-state index contributed by atoms with van der Waals surface area (Å²) in [6.45, 7) is 0. The van der Waals surface area contributed by atoms with E-state index in [0.29, 0.717) is 12.2 Å². The summed E-state index contributed by atoms with van der Waals surface area (Å²) in [6.07, 6.45) is 5.92. The van der Waals surface area contributed by atoms with Gasteiger partial charge in [-0.05, 0) is 51.7 Å². The third-order valence-electron chi connectivity index (χ3n) is 2.46. The Hall–Kier alpha value is -1.46. The Morgan fingerprint density at radius 2 is 2.12 bits per heavy atom. The summed E-state index contributed by atoms with van der Waals surface area (Å²) in [7, 11) is 0. The molecule has 0 spiro atoms. The number of nitrogens with two attached hydrogens (primary N) is 2. The van der Waals surface area contributed by atoms with Gasteiger partial charge in [-0.2, -0.15) is 0 Å². The second-order valence-electron chi connectivity index (χ2n) is 3.84.